The highest BCUT2D eigenvalue weighted by molar-refractivity contribution is 6.00. The molecule has 6 N–H and O–H groups in total. The number of hydrogen-bond acceptors (Lipinski definition) is 17. The summed E-state index contributed by atoms with van der Waals surface area (Å²) in [5, 5.41) is 17.2. The number of epoxide rings is 2. The van der Waals surface area contributed by atoms with E-state index < -0.39 is 77.2 Å². The van der Waals surface area contributed by atoms with Crippen LogP contribution < -0.4 is 46.1 Å². The number of allylic oxidation sites excluding steroid dienone is 1. The zero-order chi connectivity index (χ0) is 59.3. The SMILES string of the molecule is COc1ccc(CC(NC(=O)C(C)NC(=O)CN2CCOCC2)C(=O)NC(CC2=CCCC2Oc2cc(CC(NC(=O)C(C)NC(=O)CN3CCOCC3)C(=O)NC(CC3CCCC3)C(=O)C3(C)CO3)ccc2OC)C(=O)C2(C)CO2)cc1. The first kappa shape index (κ1) is 62.5. The average molecular weight is 1160 g/mol. The predicted molar refractivity (Wildman–Crippen MR) is 302 cm³/mol. The first-order valence-electron chi connectivity index (χ1n) is 29.2. The van der Waals surface area contributed by atoms with Crippen molar-refractivity contribution in [3.05, 3.63) is 65.2 Å². The summed E-state index contributed by atoms with van der Waals surface area (Å²) in [7, 11) is 3.03. The number of carbonyl (C=O) groups is 8. The standard InChI is InChI=1S/C60H84N8O15/c1-37(61-51(69)33-67-20-24-79-25-21-67)55(73)65-46(29-40-14-17-43(77-5)18-15-40)57(75)64-45(54(72)60(4)36-82-60)32-42-12-9-13-48(42)83-50-31-41(16-19-49(50)78-6)30-47(66-56(74)38(2)62-52(70)34-68-22-26-80-27-23-68)58(76)63-44(28-39-10-7-8-11-39)53(71)59(3)35-81-59/h12,14-19,31,37-39,44-48H,7-11,13,20-30,32-36H2,1-6H3,(H,61,69)(H,62,70)(H,63,76)(H,64,75)(H,65,73)(H,66,74). The van der Waals surface area contributed by atoms with Gasteiger partial charge in [-0.2, -0.15) is 0 Å². The third kappa shape index (κ3) is 17.8. The summed E-state index contributed by atoms with van der Waals surface area (Å²) in [6.07, 6.45) is 6.87. The Morgan fingerprint density at radius 3 is 1.57 bits per heavy atom. The van der Waals surface area contributed by atoms with Crippen LogP contribution in [0.1, 0.15) is 90.2 Å². The number of Topliss-reactive ketones (excluding diaryl/α,β-unsaturated/α-hetero) is 2. The number of amides is 6. The fourth-order valence-corrected chi connectivity index (χ4v) is 11.1. The predicted octanol–water partition coefficient (Wildman–Crippen LogP) is 1.26. The molecule has 4 heterocycles. The van der Waals surface area contributed by atoms with E-state index in [4.69, 9.17) is 33.2 Å². The van der Waals surface area contributed by atoms with Gasteiger partial charge >= 0.3 is 0 Å². The first-order chi connectivity index (χ1) is 39.8. The summed E-state index contributed by atoms with van der Waals surface area (Å²) in [5.74, 6) is -2.19. The van der Waals surface area contributed by atoms with Crippen LogP contribution in [0.5, 0.6) is 17.2 Å². The van der Waals surface area contributed by atoms with Crippen molar-refractivity contribution in [3.8, 4) is 17.2 Å². The normalized spacial score (nSPS) is 23.8. The first-order valence-corrected chi connectivity index (χ1v) is 29.2. The minimum Gasteiger partial charge on any atom is -0.497 e. The molecule has 0 radical (unpaired) electrons. The van der Waals surface area contributed by atoms with Gasteiger partial charge < -0.3 is 65.1 Å². The van der Waals surface area contributed by atoms with Gasteiger partial charge in [-0.1, -0.05) is 50.0 Å². The molecular weight excluding hydrogens is 1070 g/mol. The topological polar surface area (TPSA) is 286 Å². The van der Waals surface area contributed by atoms with Gasteiger partial charge in [-0.3, -0.25) is 48.2 Å². The van der Waals surface area contributed by atoms with E-state index in [1.165, 1.54) is 14.2 Å². The maximum absolute atomic E-state index is 14.6. The summed E-state index contributed by atoms with van der Waals surface area (Å²) in [6.45, 7) is 11.4. The molecule has 6 amide bonds. The average Bonchev–Trinajstić information content (AvgIpc) is 4.50. The molecule has 9 atom stereocenters. The van der Waals surface area contributed by atoms with Crippen LogP contribution >= 0.6 is 0 Å². The number of carbonyl (C=O) groups excluding carboxylic acids is 8. The lowest BCUT2D eigenvalue weighted by molar-refractivity contribution is -0.134. The summed E-state index contributed by atoms with van der Waals surface area (Å²) in [5.41, 5.74) is -0.179. The van der Waals surface area contributed by atoms with E-state index in [-0.39, 0.29) is 74.9 Å². The van der Waals surface area contributed by atoms with Gasteiger partial charge in [0, 0.05) is 39.0 Å². The van der Waals surface area contributed by atoms with E-state index in [0.29, 0.717) is 106 Å². The molecule has 2 aromatic carbocycles. The highest BCUT2D eigenvalue weighted by Crippen LogP contribution is 2.37. The lowest BCUT2D eigenvalue weighted by Crippen LogP contribution is -2.57. The molecule has 2 aromatic rings. The number of ketones is 2. The maximum Gasteiger partial charge on any atom is 0.243 e. The van der Waals surface area contributed by atoms with Gasteiger partial charge in [0.2, 0.25) is 35.4 Å². The third-order valence-electron chi connectivity index (χ3n) is 16.5. The molecule has 9 unspecified atom stereocenters. The minimum atomic E-state index is -1.21. The van der Waals surface area contributed by atoms with Crippen molar-refractivity contribution in [2.75, 3.05) is 93.1 Å². The van der Waals surface area contributed by atoms with Crippen molar-refractivity contribution >= 4 is 47.0 Å². The van der Waals surface area contributed by atoms with E-state index in [1.54, 1.807) is 70.2 Å². The van der Waals surface area contributed by atoms with Crippen molar-refractivity contribution in [2.45, 2.75) is 145 Å². The molecule has 83 heavy (non-hydrogen) atoms. The fraction of sp³-hybridized carbons (Fsp3) is 0.633. The Hall–Kier alpha value is -6.50. The van der Waals surface area contributed by atoms with Crippen molar-refractivity contribution < 1.29 is 71.5 Å². The van der Waals surface area contributed by atoms with E-state index in [2.05, 4.69) is 31.9 Å². The van der Waals surface area contributed by atoms with Gasteiger partial charge in [0.1, 0.15) is 47.2 Å². The van der Waals surface area contributed by atoms with E-state index in [1.807, 2.05) is 15.9 Å². The molecule has 454 valence electrons. The van der Waals surface area contributed by atoms with Crippen LogP contribution in [0, 0.1) is 5.92 Å². The second-order valence-electron chi connectivity index (χ2n) is 23.2. The van der Waals surface area contributed by atoms with Gasteiger partial charge in [0.05, 0.1) is 79.0 Å². The highest BCUT2D eigenvalue weighted by Gasteiger charge is 2.52. The lowest BCUT2D eigenvalue weighted by atomic mass is 9.90. The molecule has 4 aliphatic heterocycles. The maximum atomic E-state index is 14.6. The number of ether oxygens (including phenoxy) is 7. The van der Waals surface area contributed by atoms with Crippen LogP contribution in [-0.2, 0) is 70.1 Å². The smallest absolute Gasteiger partial charge is 0.243 e. The van der Waals surface area contributed by atoms with Crippen LogP contribution in [0.25, 0.3) is 0 Å². The molecular formula is C60H84N8O15. The molecule has 2 aliphatic carbocycles. The highest BCUT2D eigenvalue weighted by atomic mass is 16.6. The number of benzene rings is 2. The number of rotatable bonds is 30. The monoisotopic (exact) mass is 1160 g/mol. The Balaban J connectivity index is 0.982. The van der Waals surface area contributed by atoms with Gasteiger partial charge in [0.15, 0.2) is 23.1 Å². The van der Waals surface area contributed by atoms with Crippen LogP contribution in [0.15, 0.2) is 54.1 Å². The molecule has 23 nitrogen and oxygen atoms in total. The summed E-state index contributed by atoms with van der Waals surface area (Å²) in [6, 6.07) is 5.81. The molecule has 6 aliphatic rings. The number of hydrogen-bond donors (Lipinski definition) is 6. The zero-order valence-corrected chi connectivity index (χ0v) is 48.8. The van der Waals surface area contributed by atoms with E-state index in [9.17, 15) is 38.4 Å². The van der Waals surface area contributed by atoms with E-state index in [0.717, 1.165) is 25.7 Å². The largest absolute Gasteiger partial charge is 0.497 e. The summed E-state index contributed by atoms with van der Waals surface area (Å²) in [4.78, 5) is 115. The second kappa shape index (κ2) is 28.9. The molecule has 0 bridgehead atoms. The molecule has 23 heteroatoms. The number of nitrogens with one attached hydrogen (secondary N) is 6. The minimum absolute atomic E-state index is 0.0354. The Morgan fingerprint density at radius 2 is 1.06 bits per heavy atom. The van der Waals surface area contributed by atoms with Crippen LogP contribution in [-0.4, -0.2) is 203 Å². The quantitative estimate of drug-likeness (QED) is 0.0474. The fourth-order valence-electron chi connectivity index (χ4n) is 11.1. The van der Waals surface area contributed by atoms with Gasteiger partial charge in [-0.05, 0) is 100 Å². The summed E-state index contributed by atoms with van der Waals surface area (Å²) >= 11 is 0. The molecule has 0 spiro atoms. The van der Waals surface area contributed by atoms with Crippen LogP contribution in [0.4, 0.5) is 0 Å². The second-order valence-corrected chi connectivity index (χ2v) is 23.2. The van der Waals surface area contributed by atoms with Crippen molar-refractivity contribution in [1.29, 1.82) is 0 Å². The zero-order valence-electron chi connectivity index (χ0n) is 48.8. The van der Waals surface area contributed by atoms with Crippen LogP contribution in [0.2, 0.25) is 0 Å². The Kier molecular flexibility index (Phi) is 21.7. The molecule has 0 aromatic heterocycles. The molecule has 1 saturated carbocycles. The van der Waals surface area contributed by atoms with Crippen molar-refractivity contribution in [1.82, 2.24) is 41.7 Å². The Labute approximate surface area is 485 Å². The number of morpholine rings is 2. The number of nitrogens with zero attached hydrogens (tertiary/aromatic N) is 2. The van der Waals surface area contributed by atoms with Crippen LogP contribution in [0.3, 0.4) is 0 Å². The van der Waals surface area contributed by atoms with Crippen molar-refractivity contribution in [2.24, 2.45) is 5.92 Å². The number of methoxy groups -OCH3 is 2. The van der Waals surface area contributed by atoms with E-state index >= 15 is 0 Å². The summed E-state index contributed by atoms with van der Waals surface area (Å²) < 4.78 is 39.9. The Bertz CT molecular complexity index is 2660. The molecule has 5 fully saturated rings. The van der Waals surface area contributed by atoms with Gasteiger partial charge in [-0.15, -0.1) is 0 Å². The van der Waals surface area contributed by atoms with Gasteiger partial charge in [0.25, 0.3) is 0 Å². The molecule has 4 saturated heterocycles. The third-order valence-corrected chi connectivity index (χ3v) is 16.5. The Morgan fingerprint density at radius 1 is 0.578 bits per heavy atom. The molecule has 8 rings (SSSR count). The van der Waals surface area contributed by atoms with Gasteiger partial charge in [-0.25, -0.2) is 0 Å². The lowest BCUT2D eigenvalue weighted by Gasteiger charge is -2.28. The van der Waals surface area contributed by atoms with Crippen molar-refractivity contribution in [3.63, 3.8) is 0 Å².